The van der Waals surface area contributed by atoms with Crippen molar-refractivity contribution < 1.29 is 14.6 Å². The summed E-state index contributed by atoms with van der Waals surface area (Å²) in [6, 6.07) is 8.80. The number of rotatable bonds is 2. The van der Waals surface area contributed by atoms with Gasteiger partial charge in [-0.1, -0.05) is 53.5 Å². The van der Waals surface area contributed by atoms with Gasteiger partial charge in [0.1, 0.15) is 11.1 Å². The van der Waals surface area contributed by atoms with Crippen LogP contribution in [-0.4, -0.2) is 17.2 Å². The number of cyclic esters (lactones) is 1. The third-order valence-electron chi connectivity index (χ3n) is 2.30. The van der Waals surface area contributed by atoms with E-state index in [1.54, 1.807) is 24.3 Å². The van der Waals surface area contributed by atoms with Gasteiger partial charge in [-0.25, -0.2) is 4.79 Å². The second-order valence-corrected chi connectivity index (χ2v) is 4.13. The molecule has 0 aromatic heterocycles. The number of carbonyl (C=O) groups is 1. The number of hydrogen-bond donors (Lipinski definition) is 1. The van der Waals surface area contributed by atoms with Crippen LogP contribution in [-0.2, 0) is 9.53 Å². The highest BCUT2D eigenvalue weighted by Gasteiger charge is 2.37. The zero-order valence-corrected chi connectivity index (χ0v) is 9.57. The summed E-state index contributed by atoms with van der Waals surface area (Å²) >= 11 is 11.4. The molecular formula is C11H8Cl2O3. The Kier molecular flexibility index (Phi) is 3.19. The molecule has 0 unspecified atom stereocenters. The van der Waals surface area contributed by atoms with Crippen LogP contribution in [0.25, 0.3) is 0 Å². The molecule has 1 aliphatic heterocycles. The Bertz CT molecular complexity index is 442. The summed E-state index contributed by atoms with van der Waals surface area (Å²) in [5.74, 6) is -0.702. The van der Waals surface area contributed by atoms with E-state index in [1.165, 1.54) is 0 Å². The maximum Gasteiger partial charge on any atom is 0.351 e. The van der Waals surface area contributed by atoms with Crippen LogP contribution in [0.5, 0.6) is 0 Å². The van der Waals surface area contributed by atoms with Crippen LogP contribution in [0.2, 0.25) is 0 Å². The summed E-state index contributed by atoms with van der Waals surface area (Å²) in [5.41, 5.74) is 0.616. The number of benzene rings is 1. The Labute approximate surface area is 102 Å². The van der Waals surface area contributed by atoms with E-state index in [4.69, 9.17) is 27.9 Å². The van der Waals surface area contributed by atoms with Crippen molar-refractivity contribution in [2.45, 2.75) is 12.2 Å². The van der Waals surface area contributed by atoms with Crippen LogP contribution in [0, 0.1) is 0 Å². The molecule has 16 heavy (non-hydrogen) atoms. The quantitative estimate of drug-likeness (QED) is 0.829. The third-order valence-corrected chi connectivity index (χ3v) is 3.16. The molecule has 0 saturated carbocycles. The minimum absolute atomic E-state index is 0.0445. The molecule has 5 heteroatoms. The first kappa shape index (κ1) is 11.5. The first-order chi connectivity index (χ1) is 7.61. The van der Waals surface area contributed by atoms with Gasteiger partial charge in [0, 0.05) is 0 Å². The molecule has 2 atom stereocenters. The molecule has 1 aliphatic rings. The topological polar surface area (TPSA) is 46.5 Å². The van der Waals surface area contributed by atoms with Crippen LogP contribution in [0.1, 0.15) is 11.7 Å². The molecule has 0 radical (unpaired) electrons. The van der Waals surface area contributed by atoms with E-state index < -0.39 is 18.2 Å². The van der Waals surface area contributed by atoms with Gasteiger partial charge in [-0.05, 0) is 5.56 Å². The fourth-order valence-electron chi connectivity index (χ4n) is 1.47. The van der Waals surface area contributed by atoms with Gasteiger partial charge in [0.2, 0.25) is 0 Å². The summed E-state index contributed by atoms with van der Waals surface area (Å²) in [7, 11) is 0. The summed E-state index contributed by atoms with van der Waals surface area (Å²) in [6.45, 7) is 0. The van der Waals surface area contributed by atoms with Gasteiger partial charge in [0.15, 0.2) is 6.10 Å². The van der Waals surface area contributed by atoms with Crippen LogP contribution in [0.3, 0.4) is 0 Å². The normalized spacial score (nSPS) is 22.2. The summed E-state index contributed by atoms with van der Waals surface area (Å²) in [6.07, 6.45) is -1.92. The second-order valence-electron chi connectivity index (χ2n) is 3.34. The molecule has 3 nitrogen and oxygen atoms in total. The molecule has 1 heterocycles. The highest BCUT2D eigenvalue weighted by atomic mass is 35.5. The van der Waals surface area contributed by atoms with E-state index >= 15 is 0 Å². The molecule has 1 aromatic carbocycles. The SMILES string of the molecule is O=C1O[C@H]([C@@H](O)c2ccccc2)C(Cl)=C1Cl. The molecule has 1 aromatic rings. The molecule has 0 amide bonds. The van der Waals surface area contributed by atoms with Crippen molar-refractivity contribution in [2.24, 2.45) is 0 Å². The first-order valence-electron chi connectivity index (χ1n) is 4.60. The van der Waals surface area contributed by atoms with E-state index in [9.17, 15) is 9.90 Å². The van der Waals surface area contributed by atoms with E-state index in [1.807, 2.05) is 6.07 Å². The lowest BCUT2D eigenvalue weighted by Crippen LogP contribution is -2.20. The maximum absolute atomic E-state index is 11.1. The monoisotopic (exact) mass is 258 g/mol. The van der Waals surface area contributed by atoms with Crippen molar-refractivity contribution in [1.82, 2.24) is 0 Å². The van der Waals surface area contributed by atoms with Crippen molar-refractivity contribution in [3.8, 4) is 0 Å². The van der Waals surface area contributed by atoms with Crippen LogP contribution in [0.4, 0.5) is 0 Å². The molecule has 0 saturated heterocycles. The highest BCUT2D eigenvalue weighted by molar-refractivity contribution is 6.48. The smallest absolute Gasteiger partial charge is 0.351 e. The minimum Gasteiger partial charge on any atom is -0.449 e. The van der Waals surface area contributed by atoms with Crippen LogP contribution >= 0.6 is 23.2 Å². The fourth-order valence-corrected chi connectivity index (χ4v) is 1.86. The molecule has 0 aliphatic carbocycles. The Morgan fingerprint density at radius 2 is 1.88 bits per heavy atom. The lowest BCUT2D eigenvalue weighted by atomic mass is 10.0. The Morgan fingerprint density at radius 1 is 1.25 bits per heavy atom. The number of ether oxygens (including phenoxy) is 1. The fraction of sp³-hybridized carbons (Fsp3) is 0.182. The average Bonchev–Trinajstić information content (AvgIpc) is 2.57. The molecule has 0 fully saturated rings. The zero-order chi connectivity index (χ0) is 11.7. The molecule has 1 N–H and O–H groups in total. The van der Waals surface area contributed by atoms with Gasteiger partial charge in [0.25, 0.3) is 0 Å². The predicted octanol–water partition coefficient (Wildman–Crippen LogP) is 2.33. The summed E-state index contributed by atoms with van der Waals surface area (Å²) < 4.78 is 4.88. The Balaban J connectivity index is 2.25. The van der Waals surface area contributed by atoms with Crippen molar-refractivity contribution in [3.05, 3.63) is 46.0 Å². The number of hydrogen-bond acceptors (Lipinski definition) is 3. The van der Waals surface area contributed by atoms with Crippen molar-refractivity contribution >= 4 is 29.2 Å². The second kappa shape index (κ2) is 4.45. The number of aliphatic hydroxyl groups excluding tert-OH is 1. The lowest BCUT2D eigenvalue weighted by molar-refractivity contribution is -0.143. The molecule has 84 valence electrons. The van der Waals surface area contributed by atoms with Crippen molar-refractivity contribution in [2.75, 3.05) is 0 Å². The Morgan fingerprint density at radius 3 is 2.38 bits per heavy atom. The largest absolute Gasteiger partial charge is 0.449 e. The molecule has 0 spiro atoms. The third kappa shape index (κ3) is 1.94. The van der Waals surface area contributed by atoms with Gasteiger partial charge in [-0.3, -0.25) is 0 Å². The zero-order valence-electron chi connectivity index (χ0n) is 8.06. The summed E-state index contributed by atoms with van der Waals surface area (Å²) in [5, 5.41) is 9.85. The van der Waals surface area contributed by atoms with Gasteiger partial charge in [0.05, 0.1) is 5.03 Å². The van der Waals surface area contributed by atoms with Crippen LogP contribution < -0.4 is 0 Å². The van der Waals surface area contributed by atoms with Crippen LogP contribution in [0.15, 0.2) is 40.4 Å². The van der Waals surface area contributed by atoms with Gasteiger partial charge in [-0.2, -0.15) is 0 Å². The maximum atomic E-state index is 11.1. The molecule has 0 bridgehead atoms. The van der Waals surface area contributed by atoms with Gasteiger partial charge in [-0.15, -0.1) is 0 Å². The van der Waals surface area contributed by atoms with E-state index in [0.29, 0.717) is 5.56 Å². The van der Waals surface area contributed by atoms with Gasteiger partial charge >= 0.3 is 5.97 Å². The highest BCUT2D eigenvalue weighted by Crippen LogP contribution is 2.35. The van der Waals surface area contributed by atoms with E-state index in [0.717, 1.165) is 0 Å². The van der Waals surface area contributed by atoms with E-state index in [2.05, 4.69) is 0 Å². The standard InChI is InChI=1S/C11H8Cl2O3/c12-7-8(13)11(15)16-10(7)9(14)6-4-2-1-3-5-6/h1-5,9-10,14H/t9-,10-/m0/s1. The van der Waals surface area contributed by atoms with Crippen molar-refractivity contribution in [1.29, 1.82) is 0 Å². The molecular weight excluding hydrogens is 251 g/mol. The molecule has 2 rings (SSSR count). The average molecular weight is 259 g/mol. The number of aliphatic hydroxyl groups is 1. The lowest BCUT2D eigenvalue weighted by Gasteiger charge is -2.17. The van der Waals surface area contributed by atoms with E-state index in [-0.39, 0.29) is 10.1 Å². The first-order valence-corrected chi connectivity index (χ1v) is 5.36. The Hall–Kier alpha value is -1.03. The number of halogens is 2. The summed E-state index contributed by atoms with van der Waals surface area (Å²) in [4.78, 5) is 11.1. The number of carbonyl (C=O) groups excluding carboxylic acids is 1. The number of esters is 1. The van der Waals surface area contributed by atoms with Gasteiger partial charge < -0.3 is 9.84 Å². The predicted molar refractivity (Wildman–Crippen MR) is 60.0 cm³/mol. The van der Waals surface area contributed by atoms with Crippen molar-refractivity contribution in [3.63, 3.8) is 0 Å². The minimum atomic E-state index is -1.01.